The van der Waals surface area contributed by atoms with Crippen molar-refractivity contribution in [2.45, 2.75) is 12.8 Å². The molecule has 4 saturated heterocycles. The van der Waals surface area contributed by atoms with Crippen molar-refractivity contribution in [3.63, 3.8) is 0 Å². The van der Waals surface area contributed by atoms with Crippen LogP contribution in [0.15, 0.2) is 232 Å². The van der Waals surface area contributed by atoms with E-state index < -0.39 is 15.7 Å². The molecule has 0 radical (unpaired) electrons. The Morgan fingerprint density at radius 2 is 0.866 bits per heavy atom. The molecule has 4 aliphatic rings. The van der Waals surface area contributed by atoms with E-state index in [4.69, 9.17) is 67.2 Å². The smallest absolute Gasteiger partial charge is 1.00 e. The first-order chi connectivity index (χ1) is 61.6. The first kappa shape index (κ1) is 90.8. The third kappa shape index (κ3) is 25.9. The van der Waals surface area contributed by atoms with E-state index in [0.717, 1.165) is 214 Å². The Labute approximate surface area is 755 Å². The second-order valence-electron chi connectivity index (χ2n) is 28.3. The molecule has 0 spiro atoms. The standard InChI is InChI=1S/C30H34N10O2.C22H27ClN6O2.C8H6N4O2.2C8H8N4.C6H4FNO2.C2H3N3.Na.H/c1-37-28-20-22(2-7-25(28)26(36-37)8-11-38-12-16-41-17-13-38)27-21-29(35-30(34-27)39-14-18-42-19-15-39)33-23-3-5-24(6-4-23)40-31-9-10-32-40;1-27-20-14-16(19-15-21(23)25-22(24-19)29-8-12-31-13-9-29)2-3-17(20)18(26-27)4-5-28-6-10-30-11-7-28;13-12(14)8-3-1-7(2-4-8)11-9-5-6-10-11;9-7-1-3-8(4-2-7)12-6-5-10-11-12;9-7-1-3-8(4-2-7)12-10-5-6-11-12;7-5-1-3-6(4-2-5)8(9)10;1-2-4-5-3-1;;/h2-7,9-10,20-21H,8,11-19H2,1H3,(H,33,34,35);2-3,14-15H,4-13H2,1H3;1-6H;2*1-6H,9H2;1-4H;1-2H,(H,3,4,5);;/q;;;;;;;+1;-1. The van der Waals surface area contributed by atoms with Crippen LogP contribution in [0.4, 0.5) is 50.5 Å². The van der Waals surface area contributed by atoms with Crippen LogP contribution in [0.5, 0.6) is 0 Å². The average Bonchev–Trinajstić information content (AvgIpc) is 1.63. The normalized spacial score (nSPS) is 13.8. The van der Waals surface area contributed by atoms with Crippen molar-refractivity contribution in [3.8, 4) is 45.3 Å². The Hall–Kier alpha value is -13.9. The zero-order valence-electron chi connectivity index (χ0n) is 70.8. The van der Waals surface area contributed by atoms with Crippen LogP contribution in [0.2, 0.25) is 5.15 Å². The number of nitrogens with two attached hydrogens (primary N) is 2. The van der Waals surface area contributed by atoms with E-state index in [9.17, 15) is 24.6 Å². The minimum absolute atomic E-state index is 0. The van der Waals surface area contributed by atoms with Crippen molar-refractivity contribution in [3.05, 3.63) is 274 Å². The molecular weight excluding hydrogens is 1660 g/mol. The molecule has 16 aromatic rings. The number of nitrogens with one attached hydrogen (secondary N) is 2. The summed E-state index contributed by atoms with van der Waals surface area (Å²) < 4.78 is 39.7. The fraction of sp³-hybridized carbons (Fsp3) is 0.262. The molecule has 6 N–H and O–H groups in total. The summed E-state index contributed by atoms with van der Waals surface area (Å²) in [5, 5.41) is 77.4. The molecule has 43 heteroatoms. The quantitative estimate of drug-likeness (QED) is 0.0221. The van der Waals surface area contributed by atoms with Crippen LogP contribution in [0.3, 0.4) is 0 Å². The Morgan fingerprint density at radius 3 is 1.28 bits per heavy atom. The van der Waals surface area contributed by atoms with Crippen LogP contribution in [-0.2, 0) is 45.9 Å². The molecule has 0 unspecified atom stereocenters. The van der Waals surface area contributed by atoms with Crippen molar-refractivity contribution in [2.75, 3.05) is 145 Å². The number of nitrogen functional groups attached to an aromatic ring is 2. The van der Waals surface area contributed by atoms with Gasteiger partial charge in [-0.2, -0.15) is 75.6 Å². The van der Waals surface area contributed by atoms with Crippen molar-refractivity contribution in [2.24, 2.45) is 14.1 Å². The molecule has 20 rings (SSSR count). The number of rotatable bonds is 18. The van der Waals surface area contributed by atoms with E-state index >= 15 is 0 Å². The molecule has 0 bridgehead atoms. The molecule has 13 heterocycles. The maximum absolute atomic E-state index is 12.1. The molecule has 40 nitrogen and oxygen atoms in total. The number of fused-ring (bicyclic) bond motifs is 2. The summed E-state index contributed by atoms with van der Waals surface area (Å²) in [6.45, 7) is 14.9. The number of aromatic amines is 1. The molecule has 127 heavy (non-hydrogen) atoms. The molecule has 4 fully saturated rings. The van der Waals surface area contributed by atoms with Gasteiger partial charge in [-0.05, 0) is 109 Å². The number of anilines is 6. The van der Waals surface area contributed by atoms with Gasteiger partial charge in [0.05, 0.1) is 181 Å². The summed E-state index contributed by atoms with van der Waals surface area (Å²) in [6.07, 6.45) is 18.1. The summed E-state index contributed by atoms with van der Waals surface area (Å²) in [5.74, 6) is 1.60. The monoisotopic (exact) mass is 1750 g/mol. The second-order valence-corrected chi connectivity index (χ2v) is 28.7. The minimum Gasteiger partial charge on any atom is -1.00 e. The van der Waals surface area contributed by atoms with E-state index in [1.54, 1.807) is 88.4 Å². The molecule has 4 aliphatic heterocycles. The van der Waals surface area contributed by atoms with Crippen molar-refractivity contribution >= 4 is 79.6 Å². The molecule has 0 saturated carbocycles. The van der Waals surface area contributed by atoms with Crippen LogP contribution >= 0.6 is 11.6 Å². The molecule has 650 valence electrons. The van der Waals surface area contributed by atoms with Gasteiger partial charge in [0.25, 0.3) is 11.4 Å². The second kappa shape index (κ2) is 45.7. The minimum atomic E-state index is -0.570. The average molecular weight is 1750 g/mol. The van der Waals surface area contributed by atoms with Crippen molar-refractivity contribution < 1.29 is 64.2 Å². The first-order valence-electron chi connectivity index (χ1n) is 40.2. The first-order valence-corrected chi connectivity index (χ1v) is 40.5. The van der Waals surface area contributed by atoms with Gasteiger partial charge in [0.2, 0.25) is 11.9 Å². The summed E-state index contributed by atoms with van der Waals surface area (Å²) in [4.78, 5) is 52.2. The third-order valence-corrected chi connectivity index (χ3v) is 20.2. The number of nitro groups is 2. The maximum atomic E-state index is 12.1. The SMILES string of the molecule is Cn1nc(CCN2CCOCC2)c2ccc(-c3cc(Cl)nc(N4CCOCC4)n3)cc21.Cn1nc(CCN2CCOCC2)c2ccc(-c3cc(Nc4ccc(-n5nccn5)cc4)nc(N4CCOCC4)n3)cc21.Nc1ccc(-n2ccnn2)cc1.Nc1ccc(-n2nccn2)cc1.O=[N+]([O-])c1ccc(-n2nccn2)cc1.O=[N+]([O-])c1ccc(F)cc1.[H-].[Na+].c1cn[nH]n1. The van der Waals surface area contributed by atoms with E-state index in [1.807, 2.05) is 108 Å². The van der Waals surface area contributed by atoms with Crippen molar-refractivity contribution in [1.29, 1.82) is 0 Å². The van der Waals surface area contributed by atoms with E-state index in [2.05, 4.69) is 123 Å². The number of morpholine rings is 4. The van der Waals surface area contributed by atoms with Gasteiger partial charge < -0.3 is 47.0 Å². The molecule has 7 aromatic carbocycles. The van der Waals surface area contributed by atoms with Gasteiger partial charge >= 0.3 is 29.6 Å². The number of benzene rings is 7. The number of nitrogens with zero attached hydrogens (tertiary/aromatic N) is 28. The number of hydrogen-bond donors (Lipinski definition) is 4. The molecule has 0 amide bonds. The zero-order valence-corrected chi connectivity index (χ0v) is 72.5. The van der Waals surface area contributed by atoms with Gasteiger partial charge in [-0.3, -0.25) is 39.4 Å². The van der Waals surface area contributed by atoms with Gasteiger partial charge in [0.15, 0.2) is 0 Å². The number of non-ortho nitro benzene ring substituents is 2. The van der Waals surface area contributed by atoms with Gasteiger partial charge in [0.1, 0.15) is 16.8 Å². The number of halogens is 2. The zero-order chi connectivity index (χ0) is 87.4. The predicted molar refractivity (Wildman–Crippen MR) is 471 cm³/mol. The van der Waals surface area contributed by atoms with Crippen molar-refractivity contribution in [1.82, 2.24) is 125 Å². The Morgan fingerprint density at radius 1 is 0.472 bits per heavy atom. The Balaban J connectivity index is 0.000000150. The van der Waals surface area contributed by atoms with Gasteiger partial charge in [-0.15, -0.1) is 5.10 Å². The van der Waals surface area contributed by atoms with Crippen LogP contribution in [0, 0.1) is 26.0 Å². The summed E-state index contributed by atoms with van der Waals surface area (Å²) >= 11 is 6.35. The van der Waals surface area contributed by atoms with Crippen LogP contribution in [0.1, 0.15) is 12.8 Å². The van der Waals surface area contributed by atoms with E-state index in [0.29, 0.717) is 49.2 Å². The maximum Gasteiger partial charge on any atom is 1.00 e. The van der Waals surface area contributed by atoms with Gasteiger partial charge in [-0.1, -0.05) is 41.1 Å². The number of aromatic nitrogens is 23. The number of nitro benzene ring substituents is 2. The number of aryl methyl sites for hydroxylation is 2. The number of ether oxygens (including phenoxy) is 4. The van der Waals surface area contributed by atoms with Crippen LogP contribution in [0.25, 0.3) is 67.1 Å². The summed E-state index contributed by atoms with van der Waals surface area (Å²) in [6, 6.07) is 49.8. The number of hydrogen-bond acceptors (Lipinski definition) is 31. The Bertz CT molecular complexity index is 5940. The summed E-state index contributed by atoms with van der Waals surface area (Å²) in [7, 11) is 4.01. The van der Waals surface area contributed by atoms with E-state index in [1.165, 1.54) is 27.7 Å². The van der Waals surface area contributed by atoms with Crippen LogP contribution < -0.4 is 56.1 Å². The predicted octanol–water partition coefficient (Wildman–Crippen LogP) is 6.99. The third-order valence-electron chi connectivity index (χ3n) is 20.0. The topological polar surface area (TPSA) is 452 Å². The van der Waals surface area contributed by atoms with E-state index in [-0.39, 0.29) is 42.4 Å². The van der Waals surface area contributed by atoms with Gasteiger partial charge in [-0.25, -0.2) is 24.0 Å². The molecular formula is C84H91ClFN32NaO8. The largest absolute Gasteiger partial charge is 1.00 e. The molecule has 0 atom stereocenters. The fourth-order valence-electron chi connectivity index (χ4n) is 13.4. The number of H-pyrrole nitrogens is 1. The Kier molecular flexibility index (Phi) is 32.7. The molecule has 0 aliphatic carbocycles. The van der Waals surface area contributed by atoms with Gasteiger partial charge in [0, 0.05) is 168 Å². The summed E-state index contributed by atoms with van der Waals surface area (Å²) in [5.41, 5.74) is 25.0. The fourth-order valence-corrected chi connectivity index (χ4v) is 13.6. The van der Waals surface area contributed by atoms with Crippen LogP contribution in [-0.4, -0.2) is 253 Å². The molecule has 9 aromatic heterocycles.